The second-order valence-electron chi connectivity index (χ2n) is 8.32. The van der Waals surface area contributed by atoms with Gasteiger partial charge in [-0.25, -0.2) is 0 Å². The van der Waals surface area contributed by atoms with Gasteiger partial charge < -0.3 is 0 Å². The van der Waals surface area contributed by atoms with Gasteiger partial charge in [-0.2, -0.15) is 0 Å². The van der Waals surface area contributed by atoms with Crippen LogP contribution >= 0.6 is 23.8 Å². The molecule has 0 spiro atoms. The van der Waals surface area contributed by atoms with Crippen molar-refractivity contribution in [2.75, 3.05) is 4.90 Å². The van der Waals surface area contributed by atoms with Gasteiger partial charge in [0.25, 0.3) is 11.8 Å². The Balaban J connectivity index is 1.82. The number of fused-ring (bicyclic) bond motifs is 1. The standard InChI is InChI=1S/C26H23ClN2O2S/c1-14(2)17-6-5-15(3)23-18(11-16(4)21(23)12-17)13-22-24(30)28-26(32)29(25(22)31)20-9-7-19(27)8-10-20/h5-14H,1-4H3,(H,28,30,32). The van der Waals surface area contributed by atoms with E-state index in [1.807, 2.05) is 19.9 Å². The highest BCUT2D eigenvalue weighted by Crippen LogP contribution is 2.37. The predicted octanol–water partition coefficient (Wildman–Crippen LogP) is 6.02. The van der Waals surface area contributed by atoms with Gasteiger partial charge in [0.05, 0.1) is 5.69 Å². The molecule has 3 aliphatic rings. The lowest BCUT2D eigenvalue weighted by atomic mass is 9.99. The highest BCUT2D eigenvalue weighted by atomic mass is 35.5. The van der Waals surface area contributed by atoms with Gasteiger partial charge in [0.2, 0.25) is 0 Å². The zero-order valence-electron chi connectivity index (χ0n) is 18.3. The first kappa shape index (κ1) is 22.2. The number of anilines is 1. The molecule has 0 radical (unpaired) electrons. The summed E-state index contributed by atoms with van der Waals surface area (Å²) in [5.74, 6) is -0.576. The summed E-state index contributed by atoms with van der Waals surface area (Å²) in [4.78, 5) is 27.4. The van der Waals surface area contributed by atoms with Crippen molar-refractivity contribution in [1.29, 1.82) is 0 Å². The maximum atomic E-state index is 13.3. The monoisotopic (exact) mass is 462 g/mol. The van der Waals surface area contributed by atoms with E-state index in [1.54, 1.807) is 30.3 Å². The molecule has 4 nitrogen and oxygen atoms in total. The first-order chi connectivity index (χ1) is 15.2. The molecule has 1 N–H and O–H groups in total. The zero-order chi connectivity index (χ0) is 23.2. The number of halogens is 1. The molecule has 162 valence electrons. The van der Waals surface area contributed by atoms with E-state index < -0.39 is 11.8 Å². The lowest BCUT2D eigenvalue weighted by Crippen LogP contribution is -2.54. The molecule has 0 aromatic heterocycles. The summed E-state index contributed by atoms with van der Waals surface area (Å²) in [5, 5.41) is 3.24. The first-order valence-corrected chi connectivity index (χ1v) is 11.2. The summed E-state index contributed by atoms with van der Waals surface area (Å²) in [7, 11) is 0. The van der Waals surface area contributed by atoms with E-state index in [4.69, 9.17) is 23.8 Å². The minimum absolute atomic E-state index is 0.0374. The Morgan fingerprint density at radius 2 is 1.69 bits per heavy atom. The van der Waals surface area contributed by atoms with Crippen molar-refractivity contribution in [2.24, 2.45) is 0 Å². The van der Waals surface area contributed by atoms with Gasteiger partial charge in [-0.15, -0.1) is 0 Å². The van der Waals surface area contributed by atoms with Gasteiger partial charge in [0.15, 0.2) is 5.11 Å². The number of thiocarbonyl (C=S) groups is 1. The number of aryl methyl sites for hydroxylation is 2. The highest BCUT2D eigenvalue weighted by molar-refractivity contribution is 7.80. The second kappa shape index (κ2) is 8.49. The van der Waals surface area contributed by atoms with Crippen molar-refractivity contribution in [3.63, 3.8) is 0 Å². The first-order valence-electron chi connectivity index (χ1n) is 10.4. The van der Waals surface area contributed by atoms with Gasteiger partial charge in [-0.05, 0) is 95.7 Å². The number of hydrogen-bond donors (Lipinski definition) is 1. The summed E-state index contributed by atoms with van der Waals surface area (Å²) < 4.78 is 0. The number of amides is 2. The van der Waals surface area contributed by atoms with Crippen LogP contribution < -0.4 is 10.2 Å². The van der Waals surface area contributed by atoms with Crippen molar-refractivity contribution in [3.05, 3.63) is 81.4 Å². The molecule has 1 aromatic rings. The average Bonchev–Trinajstić information content (AvgIpc) is 2.91. The van der Waals surface area contributed by atoms with E-state index in [9.17, 15) is 9.59 Å². The van der Waals surface area contributed by atoms with Gasteiger partial charge in [0, 0.05) is 5.02 Å². The molecule has 2 amide bonds. The molecule has 0 bridgehead atoms. The highest BCUT2D eigenvalue weighted by Gasteiger charge is 2.35. The Morgan fingerprint density at radius 1 is 1.00 bits per heavy atom. The number of carbonyl (C=O) groups excluding carboxylic acids is 2. The van der Waals surface area contributed by atoms with Crippen LogP contribution in [0.2, 0.25) is 5.02 Å². The molecule has 0 atom stereocenters. The number of hydrogen-bond acceptors (Lipinski definition) is 3. The molecule has 6 heteroatoms. The number of nitrogens with one attached hydrogen (secondary N) is 1. The zero-order valence-corrected chi connectivity index (χ0v) is 19.9. The van der Waals surface area contributed by atoms with Crippen LogP contribution in [0.1, 0.15) is 42.0 Å². The van der Waals surface area contributed by atoms with Gasteiger partial charge >= 0.3 is 0 Å². The van der Waals surface area contributed by atoms with Crippen LogP contribution in [-0.4, -0.2) is 16.9 Å². The minimum Gasteiger partial charge on any atom is -0.298 e. The van der Waals surface area contributed by atoms with Crippen molar-refractivity contribution in [2.45, 2.75) is 33.6 Å². The van der Waals surface area contributed by atoms with Gasteiger partial charge in [-0.3, -0.25) is 19.8 Å². The molecular formula is C26H23ClN2O2S. The maximum Gasteiger partial charge on any atom is 0.270 e. The van der Waals surface area contributed by atoms with Crippen LogP contribution in [0.3, 0.4) is 0 Å². The van der Waals surface area contributed by atoms with E-state index in [-0.39, 0.29) is 10.7 Å². The molecule has 0 saturated carbocycles. The van der Waals surface area contributed by atoms with Gasteiger partial charge in [0.1, 0.15) is 5.57 Å². The fourth-order valence-electron chi connectivity index (χ4n) is 3.99. The molecular weight excluding hydrogens is 440 g/mol. The van der Waals surface area contributed by atoms with Crippen LogP contribution in [-0.2, 0) is 9.59 Å². The lowest BCUT2D eigenvalue weighted by Gasteiger charge is -2.29. The Bertz CT molecular complexity index is 1260. The van der Waals surface area contributed by atoms with Crippen LogP contribution in [0, 0.1) is 13.8 Å². The van der Waals surface area contributed by atoms with E-state index in [1.165, 1.54) is 10.5 Å². The summed E-state index contributed by atoms with van der Waals surface area (Å²) in [6.45, 7) is 8.42. The molecule has 1 saturated heterocycles. The Labute approximate surface area is 198 Å². The Kier molecular flexibility index (Phi) is 5.89. The van der Waals surface area contributed by atoms with E-state index in [0.717, 1.165) is 27.8 Å². The topological polar surface area (TPSA) is 49.4 Å². The summed E-state index contributed by atoms with van der Waals surface area (Å²) >= 11 is 11.3. The smallest absolute Gasteiger partial charge is 0.270 e. The fraction of sp³-hybridized carbons (Fsp3) is 0.192. The third kappa shape index (κ3) is 3.94. The van der Waals surface area contributed by atoms with Crippen LogP contribution in [0.4, 0.5) is 5.69 Å². The SMILES string of the molecule is Cc1cc(C=C2C(=O)NC(=S)N(c3ccc(Cl)cc3)C2=O)c2c(C)ccc(C(C)C)cc1-2. The fourth-order valence-corrected chi connectivity index (χ4v) is 4.40. The molecule has 1 aromatic carbocycles. The van der Waals surface area contributed by atoms with Crippen molar-refractivity contribution in [3.8, 4) is 11.1 Å². The quantitative estimate of drug-likeness (QED) is 0.294. The summed E-state index contributed by atoms with van der Waals surface area (Å²) in [6, 6.07) is 15.2. The number of carbonyl (C=O) groups is 2. The largest absolute Gasteiger partial charge is 0.298 e. The van der Waals surface area contributed by atoms with E-state index >= 15 is 0 Å². The third-order valence-electron chi connectivity index (χ3n) is 5.74. The Morgan fingerprint density at radius 3 is 2.34 bits per heavy atom. The van der Waals surface area contributed by atoms with Crippen LogP contribution in [0.15, 0.2) is 54.1 Å². The molecule has 1 heterocycles. The molecule has 0 unspecified atom stereocenters. The number of benzene rings is 1. The van der Waals surface area contributed by atoms with Crippen molar-refractivity contribution < 1.29 is 9.59 Å². The maximum absolute atomic E-state index is 13.3. The van der Waals surface area contributed by atoms with Crippen molar-refractivity contribution >= 4 is 52.5 Å². The Hall–Kier alpha value is -3.02. The van der Waals surface area contributed by atoms with Crippen LogP contribution in [0.5, 0.6) is 0 Å². The molecule has 4 rings (SSSR count). The molecule has 32 heavy (non-hydrogen) atoms. The average molecular weight is 463 g/mol. The second-order valence-corrected chi connectivity index (χ2v) is 9.14. The summed E-state index contributed by atoms with van der Waals surface area (Å²) in [6.07, 6.45) is 1.67. The predicted molar refractivity (Wildman–Crippen MR) is 134 cm³/mol. The molecule has 1 fully saturated rings. The third-order valence-corrected chi connectivity index (χ3v) is 6.28. The molecule has 2 aliphatic carbocycles. The number of nitrogens with zero attached hydrogens (tertiary/aromatic N) is 1. The molecule has 1 aliphatic heterocycles. The normalized spacial score (nSPS) is 15.8. The van der Waals surface area contributed by atoms with Crippen molar-refractivity contribution in [1.82, 2.24) is 5.32 Å². The van der Waals surface area contributed by atoms with Gasteiger partial charge in [-0.1, -0.05) is 49.7 Å². The van der Waals surface area contributed by atoms with E-state index in [0.29, 0.717) is 16.6 Å². The van der Waals surface area contributed by atoms with E-state index in [2.05, 4.69) is 37.4 Å². The minimum atomic E-state index is -0.502. The summed E-state index contributed by atoms with van der Waals surface area (Å²) in [5.41, 5.74) is 7.00. The number of rotatable bonds is 3. The van der Waals surface area contributed by atoms with Crippen LogP contribution in [0.25, 0.3) is 17.2 Å². The lowest BCUT2D eigenvalue weighted by molar-refractivity contribution is -0.122.